The van der Waals surface area contributed by atoms with Crippen LogP contribution in [0, 0.1) is 5.92 Å². The molecule has 0 heterocycles. The molecule has 0 spiro atoms. The van der Waals surface area contributed by atoms with Gasteiger partial charge in [-0.1, -0.05) is 20.8 Å². The summed E-state index contributed by atoms with van der Waals surface area (Å²) >= 11 is 0. The minimum Gasteiger partial charge on any atom is -0.383 e. The highest BCUT2D eigenvalue weighted by Crippen LogP contribution is 2.02. The van der Waals surface area contributed by atoms with Crippen LogP contribution in [0.1, 0.15) is 27.2 Å². The molecule has 1 atom stereocenters. The fraction of sp³-hybridized carbons (Fsp3) is 0.923. The fourth-order valence-electron chi connectivity index (χ4n) is 1.93. The summed E-state index contributed by atoms with van der Waals surface area (Å²) in [6.07, 6.45) is 0.750. The summed E-state index contributed by atoms with van der Waals surface area (Å²) in [5.74, 6) is 0.334. The molecule has 0 fully saturated rings. The van der Waals surface area contributed by atoms with E-state index in [1.54, 1.807) is 7.11 Å². The number of rotatable bonds is 11. The molecule has 0 aliphatic heterocycles. The molecule has 108 valence electrons. The van der Waals surface area contributed by atoms with Crippen molar-refractivity contribution >= 4 is 5.91 Å². The highest BCUT2D eigenvalue weighted by atomic mass is 16.5. The van der Waals surface area contributed by atoms with Gasteiger partial charge in [0.05, 0.1) is 12.6 Å². The lowest BCUT2D eigenvalue weighted by molar-refractivity contribution is -0.120. The smallest absolute Gasteiger partial charge is 0.234 e. The molecule has 0 saturated heterocycles. The van der Waals surface area contributed by atoms with Crippen LogP contribution in [0.4, 0.5) is 0 Å². The van der Waals surface area contributed by atoms with Gasteiger partial charge < -0.3 is 20.7 Å². The Bertz CT molecular complexity index is 222. The molecule has 0 bridgehead atoms. The van der Waals surface area contributed by atoms with Gasteiger partial charge in [0.15, 0.2) is 0 Å². The molecule has 5 nitrogen and oxygen atoms in total. The molecule has 0 rings (SSSR count). The summed E-state index contributed by atoms with van der Waals surface area (Å²) in [7, 11) is 1.71. The second-order valence-corrected chi connectivity index (χ2v) is 4.99. The van der Waals surface area contributed by atoms with Crippen molar-refractivity contribution in [2.24, 2.45) is 11.7 Å². The number of nitrogens with one attached hydrogen (secondary N) is 1. The monoisotopic (exact) mass is 259 g/mol. The Morgan fingerprint density at radius 1 is 1.39 bits per heavy atom. The predicted molar refractivity (Wildman–Crippen MR) is 74.4 cm³/mol. The van der Waals surface area contributed by atoms with E-state index in [4.69, 9.17) is 10.5 Å². The largest absolute Gasteiger partial charge is 0.383 e. The molecule has 0 aromatic heterocycles. The van der Waals surface area contributed by atoms with E-state index >= 15 is 0 Å². The number of amides is 1. The third-order valence-corrected chi connectivity index (χ3v) is 2.76. The van der Waals surface area contributed by atoms with Crippen LogP contribution in [0.3, 0.4) is 0 Å². The minimum absolute atomic E-state index is 0.229. The zero-order chi connectivity index (χ0) is 14.0. The molecule has 1 unspecified atom stereocenters. The van der Waals surface area contributed by atoms with Gasteiger partial charge in [-0.25, -0.2) is 0 Å². The minimum atomic E-state index is -0.270. The lowest BCUT2D eigenvalue weighted by atomic mass is 10.1. The van der Waals surface area contributed by atoms with E-state index in [0.717, 1.165) is 39.2 Å². The van der Waals surface area contributed by atoms with Crippen LogP contribution in [0.25, 0.3) is 0 Å². The zero-order valence-corrected chi connectivity index (χ0v) is 12.2. The first kappa shape index (κ1) is 17.4. The van der Waals surface area contributed by atoms with Gasteiger partial charge in [-0.15, -0.1) is 0 Å². The van der Waals surface area contributed by atoms with E-state index in [2.05, 4.69) is 24.1 Å². The summed E-state index contributed by atoms with van der Waals surface area (Å²) in [5, 5.41) is 3.11. The van der Waals surface area contributed by atoms with Crippen molar-refractivity contribution < 1.29 is 9.53 Å². The Labute approximate surface area is 111 Å². The molecule has 5 heteroatoms. The normalized spacial score (nSPS) is 13.2. The van der Waals surface area contributed by atoms with Crippen molar-refractivity contribution in [2.45, 2.75) is 33.2 Å². The number of carbonyl (C=O) groups excluding carboxylic acids is 1. The molecule has 0 radical (unpaired) electrons. The second-order valence-electron chi connectivity index (χ2n) is 4.99. The first-order valence-corrected chi connectivity index (χ1v) is 6.75. The number of hydrogen-bond donors (Lipinski definition) is 2. The number of carbonyl (C=O) groups is 1. The van der Waals surface area contributed by atoms with Gasteiger partial charge in [0.1, 0.15) is 0 Å². The van der Waals surface area contributed by atoms with Gasteiger partial charge >= 0.3 is 0 Å². The van der Waals surface area contributed by atoms with Crippen LogP contribution >= 0.6 is 0 Å². The summed E-state index contributed by atoms with van der Waals surface area (Å²) in [5.41, 5.74) is 5.37. The first-order chi connectivity index (χ1) is 8.51. The number of hydrogen-bond acceptors (Lipinski definition) is 4. The maximum Gasteiger partial charge on any atom is 0.234 e. The Kier molecular flexibility index (Phi) is 9.92. The van der Waals surface area contributed by atoms with Crippen LogP contribution in [-0.2, 0) is 9.53 Å². The Morgan fingerprint density at radius 2 is 2.06 bits per heavy atom. The van der Waals surface area contributed by atoms with Gasteiger partial charge in [0.25, 0.3) is 0 Å². The number of likely N-dealkylation sites (N-methyl/N-ethyl adjacent to an activating group) is 1. The van der Waals surface area contributed by atoms with E-state index in [0.29, 0.717) is 5.92 Å². The summed E-state index contributed by atoms with van der Waals surface area (Å²) in [6, 6.07) is -0.229. The summed E-state index contributed by atoms with van der Waals surface area (Å²) < 4.78 is 5.11. The average molecular weight is 259 g/mol. The number of primary amides is 1. The second kappa shape index (κ2) is 10.3. The molecule has 0 saturated carbocycles. The van der Waals surface area contributed by atoms with Crippen molar-refractivity contribution in [2.75, 3.05) is 39.9 Å². The predicted octanol–water partition coefficient (Wildman–Crippen LogP) is 0.444. The van der Waals surface area contributed by atoms with Crippen molar-refractivity contribution in [3.63, 3.8) is 0 Å². The Balaban J connectivity index is 4.15. The molecule has 0 aromatic rings. The highest BCUT2D eigenvalue weighted by Gasteiger charge is 2.16. The van der Waals surface area contributed by atoms with Crippen LogP contribution in [-0.4, -0.2) is 56.7 Å². The Hall–Kier alpha value is -0.650. The van der Waals surface area contributed by atoms with Crippen LogP contribution in [0.5, 0.6) is 0 Å². The molecule has 0 aliphatic carbocycles. The van der Waals surface area contributed by atoms with Gasteiger partial charge in [-0.05, 0) is 18.9 Å². The third-order valence-electron chi connectivity index (χ3n) is 2.76. The number of nitrogens with zero attached hydrogens (tertiary/aromatic N) is 1. The fourth-order valence-corrected chi connectivity index (χ4v) is 1.93. The zero-order valence-electron chi connectivity index (χ0n) is 12.2. The lowest BCUT2D eigenvalue weighted by Gasteiger charge is -2.25. The molecular formula is C13H29N3O2. The van der Waals surface area contributed by atoms with E-state index in [-0.39, 0.29) is 11.9 Å². The third kappa shape index (κ3) is 8.44. The topological polar surface area (TPSA) is 67.6 Å². The number of methoxy groups -OCH3 is 1. The van der Waals surface area contributed by atoms with Crippen molar-refractivity contribution in [1.29, 1.82) is 0 Å². The van der Waals surface area contributed by atoms with E-state index in [1.807, 2.05) is 6.92 Å². The molecular weight excluding hydrogens is 230 g/mol. The molecule has 1 amide bonds. The number of nitrogens with two attached hydrogens (primary N) is 1. The lowest BCUT2D eigenvalue weighted by Crippen LogP contribution is -2.44. The summed E-state index contributed by atoms with van der Waals surface area (Å²) in [6.45, 7) is 10.6. The van der Waals surface area contributed by atoms with Crippen LogP contribution in [0.15, 0.2) is 0 Å². The Morgan fingerprint density at radius 3 is 2.50 bits per heavy atom. The quantitative estimate of drug-likeness (QED) is 0.565. The van der Waals surface area contributed by atoms with Gasteiger partial charge in [0.2, 0.25) is 5.91 Å². The van der Waals surface area contributed by atoms with Crippen molar-refractivity contribution in [3.8, 4) is 0 Å². The maximum absolute atomic E-state index is 11.3. The van der Waals surface area contributed by atoms with Gasteiger partial charge in [0, 0.05) is 26.7 Å². The summed E-state index contributed by atoms with van der Waals surface area (Å²) in [4.78, 5) is 13.6. The molecule has 0 aliphatic rings. The van der Waals surface area contributed by atoms with E-state index in [9.17, 15) is 4.79 Å². The van der Waals surface area contributed by atoms with Gasteiger partial charge in [-0.2, -0.15) is 0 Å². The first-order valence-electron chi connectivity index (χ1n) is 6.75. The molecule has 3 N–H and O–H groups in total. The number of ether oxygens (including phenoxy) is 1. The molecule has 18 heavy (non-hydrogen) atoms. The van der Waals surface area contributed by atoms with Crippen molar-refractivity contribution in [3.05, 3.63) is 0 Å². The standard InChI is InChI=1S/C13H29N3O2/c1-5-15-12(13(14)17)6-7-16(8-9-18-4)10-11(2)3/h11-12,15H,5-10H2,1-4H3,(H2,14,17). The average Bonchev–Trinajstić information content (AvgIpc) is 2.29. The van der Waals surface area contributed by atoms with Crippen LogP contribution in [0.2, 0.25) is 0 Å². The van der Waals surface area contributed by atoms with Crippen LogP contribution < -0.4 is 11.1 Å². The van der Waals surface area contributed by atoms with Crippen molar-refractivity contribution in [1.82, 2.24) is 10.2 Å². The molecule has 0 aromatic carbocycles. The SMILES string of the molecule is CCNC(CCN(CCOC)CC(C)C)C(N)=O. The van der Waals surface area contributed by atoms with Gasteiger partial charge in [-0.3, -0.25) is 4.79 Å². The maximum atomic E-state index is 11.3. The highest BCUT2D eigenvalue weighted by molar-refractivity contribution is 5.79. The van der Waals surface area contributed by atoms with E-state index in [1.165, 1.54) is 0 Å². The van der Waals surface area contributed by atoms with E-state index < -0.39 is 0 Å².